The summed E-state index contributed by atoms with van der Waals surface area (Å²) in [4.78, 5) is 0. The van der Waals surface area contributed by atoms with Gasteiger partial charge in [0.2, 0.25) is 9.05 Å². The van der Waals surface area contributed by atoms with Crippen molar-refractivity contribution in [1.29, 1.82) is 0 Å². The second-order valence-corrected chi connectivity index (χ2v) is 6.37. The Morgan fingerprint density at radius 3 is 2.09 bits per heavy atom. The monoisotopic (exact) mass is 218 g/mol. The number of hydrogen-bond donors (Lipinski definition) is 0. The predicted molar refractivity (Wildman–Crippen MR) is 48.7 cm³/mol. The van der Waals surface area contributed by atoms with Gasteiger partial charge in [-0.25, -0.2) is 8.42 Å². The third-order valence-electron chi connectivity index (χ3n) is 1.11. The largest absolute Gasteiger partial charge is 0.234 e. The van der Waals surface area contributed by atoms with Crippen LogP contribution in [0.4, 0.5) is 0 Å². The molecule has 0 bridgehead atoms. The number of hydrogen-bond acceptors (Lipinski definition) is 2. The van der Waals surface area contributed by atoms with E-state index in [1.165, 1.54) is 0 Å². The highest BCUT2D eigenvalue weighted by molar-refractivity contribution is 8.13. The van der Waals surface area contributed by atoms with Crippen molar-refractivity contribution in [3.05, 3.63) is 0 Å². The Bertz CT molecular complexity index is 199. The van der Waals surface area contributed by atoms with Gasteiger partial charge < -0.3 is 0 Å². The summed E-state index contributed by atoms with van der Waals surface area (Å²) in [7, 11) is 1.57. The summed E-state index contributed by atoms with van der Waals surface area (Å²) in [6.45, 7) is 3.96. The van der Waals surface area contributed by atoms with Crippen LogP contribution < -0.4 is 0 Å². The van der Waals surface area contributed by atoms with Gasteiger partial charge >= 0.3 is 0 Å². The second kappa shape index (κ2) is 4.53. The molecular weight excluding hydrogens is 207 g/mol. The van der Waals surface area contributed by atoms with Gasteiger partial charge in [-0.2, -0.15) is 0 Å². The van der Waals surface area contributed by atoms with E-state index in [1.807, 2.05) is 13.8 Å². The van der Waals surface area contributed by atoms with Crippen molar-refractivity contribution in [2.75, 3.05) is 5.75 Å². The fourth-order valence-corrected chi connectivity index (χ4v) is 2.87. The zero-order valence-electron chi connectivity index (χ0n) is 6.55. The van der Waals surface area contributed by atoms with Gasteiger partial charge in [0.15, 0.2) is 0 Å². The highest BCUT2D eigenvalue weighted by Gasteiger charge is 2.15. The van der Waals surface area contributed by atoms with Crippen LogP contribution in [0.5, 0.6) is 0 Å². The van der Waals surface area contributed by atoms with E-state index < -0.39 is 9.05 Å². The SMILES string of the molecule is CC(C)CC(Cl)CS(=O)(=O)Cl. The van der Waals surface area contributed by atoms with E-state index in [-0.39, 0.29) is 11.1 Å². The second-order valence-electron chi connectivity index (χ2n) is 2.93. The molecular formula is C6H12Cl2O2S. The third kappa shape index (κ3) is 8.44. The van der Waals surface area contributed by atoms with E-state index in [9.17, 15) is 8.42 Å². The molecule has 0 aliphatic rings. The predicted octanol–water partition coefficient (Wildman–Crippen LogP) is 2.21. The highest BCUT2D eigenvalue weighted by Crippen LogP contribution is 2.14. The first-order chi connectivity index (χ1) is 4.81. The smallest absolute Gasteiger partial charge is 0.212 e. The Labute approximate surface area is 77.3 Å². The van der Waals surface area contributed by atoms with Crippen molar-refractivity contribution in [2.24, 2.45) is 5.92 Å². The van der Waals surface area contributed by atoms with Crippen LogP contribution in [0.25, 0.3) is 0 Å². The van der Waals surface area contributed by atoms with E-state index >= 15 is 0 Å². The van der Waals surface area contributed by atoms with E-state index in [2.05, 4.69) is 0 Å². The average Bonchev–Trinajstić information content (AvgIpc) is 1.53. The number of halogens is 2. The fraction of sp³-hybridized carbons (Fsp3) is 1.00. The zero-order chi connectivity index (χ0) is 9.07. The maximum Gasteiger partial charge on any atom is 0.234 e. The lowest BCUT2D eigenvalue weighted by atomic mass is 10.1. The first kappa shape index (κ1) is 11.5. The average molecular weight is 219 g/mol. The van der Waals surface area contributed by atoms with Gasteiger partial charge in [-0.05, 0) is 12.3 Å². The van der Waals surface area contributed by atoms with Crippen LogP contribution in [0.2, 0.25) is 0 Å². The standard InChI is InChI=1S/C6H12Cl2O2S/c1-5(2)3-6(7)4-11(8,9)10/h5-6H,3-4H2,1-2H3. The van der Waals surface area contributed by atoms with Crippen molar-refractivity contribution in [3.63, 3.8) is 0 Å². The van der Waals surface area contributed by atoms with Crippen LogP contribution >= 0.6 is 22.3 Å². The summed E-state index contributed by atoms with van der Waals surface area (Å²) in [5.74, 6) is 0.254. The van der Waals surface area contributed by atoms with Gasteiger partial charge in [-0.15, -0.1) is 11.6 Å². The maximum atomic E-state index is 10.5. The lowest BCUT2D eigenvalue weighted by molar-refractivity contribution is 0.569. The first-order valence-electron chi connectivity index (χ1n) is 3.37. The molecule has 0 aromatic carbocycles. The Hall–Kier alpha value is 0.530. The Morgan fingerprint density at radius 2 is 1.82 bits per heavy atom. The molecule has 0 amide bonds. The normalized spacial score (nSPS) is 15.4. The van der Waals surface area contributed by atoms with Crippen molar-refractivity contribution < 1.29 is 8.42 Å². The topological polar surface area (TPSA) is 34.1 Å². The summed E-state index contributed by atoms with van der Waals surface area (Å²) in [5.41, 5.74) is 0. The Morgan fingerprint density at radius 1 is 1.36 bits per heavy atom. The van der Waals surface area contributed by atoms with Gasteiger partial charge in [-0.3, -0.25) is 0 Å². The summed E-state index contributed by atoms with van der Waals surface area (Å²) in [6.07, 6.45) is 0.674. The molecule has 1 unspecified atom stereocenters. The minimum absolute atomic E-state index is 0.145. The molecule has 11 heavy (non-hydrogen) atoms. The molecule has 0 N–H and O–H groups in total. The van der Waals surface area contributed by atoms with E-state index in [4.69, 9.17) is 22.3 Å². The van der Waals surface area contributed by atoms with Crippen LogP contribution in [-0.4, -0.2) is 19.5 Å². The third-order valence-corrected chi connectivity index (χ3v) is 2.80. The van der Waals surface area contributed by atoms with Crippen LogP contribution in [0.15, 0.2) is 0 Å². The minimum Gasteiger partial charge on any atom is -0.212 e. The zero-order valence-corrected chi connectivity index (χ0v) is 8.88. The van der Waals surface area contributed by atoms with Crippen molar-refractivity contribution in [1.82, 2.24) is 0 Å². The van der Waals surface area contributed by atoms with Crippen LogP contribution in [0.1, 0.15) is 20.3 Å². The summed E-state index contributed by atoms with van der Waals surface area (Å²) < 4.78 is 21.0. The molecule has 0 aliphatic carbocycles. The Kier molecular flexibility index (Phi) is 4.75. The highest BCUT2D eigenvalue weighted by atomic mass is 35.7. The summed E-state index contributed by atoms with van der Waals surface area (Å²) >= 11 is 5.70. The molecule has 2 nitrogen and oxygen atoms in total. The van der Waals surface area contributed by atoms with E-state index in [0.29, 0.717) is 12.3 Å². The van der Waals surface area contributed by atoms with Crippen molar-refractivity contribution in [3.8, 4) is 0 Å². The molecule has 0 fully saturated rings. The van der Waals surface area contributed by atoms with Gasteiger partial charge in [0.25, 0.3) is 0 Å². The summed E-state index contributed by atoms with van der Waals surface area (Å²) in [5, 5.41) is -0.363. The molecule has 0 spiro atoms. The molecule has 0 rings (SSSR count). The van der Waals surface area contributed by atoms with Gasteiger partial charge in [-0.1, -0.05) is 13.8 Å². The first-order valence-corrected chi connectivity index (χ1v) is 6.29. The molecule has 0 aliphatic heterocycles. The molecule has 68 valence electrons. The van der Waals surface area contributed by atoms with Crippen molar-refractivity contribution >= 4 is 31.3 Å². The molecule has 5 heteroatoms. The lowest BCUT2D eigenvalue weighted by Crippen LogP contribution is -2.13. The van der Waals surface area contributed by atoms with E-state index in [1.54, 1.807) is 0 Å². The van der Waals surface area contributed by atoms with Crippen LogP contribution in [0.3, 0.4) is 0 Å². The van der Waals surface area contributed by atoms with Crippen molar-refractivity contribution in [2.45, 2.75) is 25.6 Å². The fourth-order valence-electron chi connectivity index (χ4n) is 0.796. The molecule has 0 aromatic rings. The van der Waals surface area contributed by atoms with Crippen LogP contribution in [0, 0.1) is 5.92 Å². The van der Waals surface area contributed by atoms with Gasteiger partial charge in [0.05, 0.1) is 5.75 Å². The molecule has 0 aromatic heterocycles. The van der Waals surface area contributed by atoms with Gasteiger partial charge in [0, 0.05) is 16.1 Å². The maximum absolute atomic E-state index is 10.5. The molecule has 0 heterocycles. The molecule has 0 radical (unpaired) electrons. The molecule has 1 atom stereocenters. The number of alkyl halides is 1. The van der Waals surface area contributed by atoms with E-state index in [0.717, 1.165) is 0 Å². The minimum atomic E-state index is -3.43. The van der Waals surface area contributed by atoms with Crippen LogP contribution in [-0.2, 0) is 9.05 Å². The van der Waals surface area contributed by atoms with Gasteiger partial charge in [0.1, 0.15) is 0 Å². The molecule has 0 saturated heterocycles. The lowest BCUT2D eigenvalue weighted by Gasteiger charge is -2.08. The number of rotatable bonds is 4. The molecule has 0 saturated carbocycles. The Balaban J connectivity index is 3.80. The summed E-state index contributed by atoms with van der Waals surface area (Å²) in [6, 6.07) is 0. The quantitative estimate of drug-likeness (QED) is 0.536.